The summed E-state index contributed by atoms with van der Waals surface area (Å²) in [5.74, 6) is -1.42. The molecule has 8 heteroatoms. The quantitative estimate of drug-likeness (QED) is 0.537. The number of ether oxygens (including phenoxy) is 2. The highest BCUT2D eigenvalue weighted by atomic mass is 32.1. The first kappa shape index (κ1) is 21.0. The van der Waals surface area contributed by atoms with E-state index in [1.807, 2.05) is 20.9 Å². The number of carbonyl (C=O) groups excluding carboxylic acids is 2. The van der Waals surface area contributed by atoms with Gasteiger partial charge < -0.3 is 9.47 Å². The van der Waals surface area contributed by atoms with Gasteiger partial charge in [-0.15, -0.1) is 11.3 Å². The van der Waals surface area contributed by atoms with E-state index in [9.17, 15) is 14.0 Å². The summed E-state index contributed by atoms with van der Waals surface area (Å²) in [5, 5.41) is 4.64. The van der Waals surface area contributed by atoms with Crippen molar-refractivity contribution in [2.24, 2.45) is 7.05 Å². The van der Waals surface area contributed by atoms with E-state index in [4.69, 9.17) is 9.47 Å². The van der Waals surface area contributed by atoms with Gasteiger partial charge in [-0.25, -0.2) is 9.18 Å². The van der Waals surface area contributed by atoms with Crippen LogP contribution in [0.3, 0.4) is 0 Å². The monoisotopic (exact) mass is 418 g/mol. The number of halogens is 1. The molecule has 0 atom stereocenters. The van der Waals surface area contributed by atoms with E-state index in [2.05, 4.69) is 5.10 Å². The summed E-state index contributed by atoms with van der Waals surface area (Å²) < 4.78 is 27.3. The van der Waals surface area contributed by atoms with Crippen molar-refractivity contribution in [3.05, 3.63) is 51.4 Å². The van der Waals surface area contributed by atoms with Gasteiger partial charge in [-0.2, -0.15) is 5.10 Å². The number of fused-ring (bicyclic) bond motifs is 1. The molecular formula is C21H23FN2O4S. The zero-order valence-electron chi connectivity index (χ0n) is 16.9. The number of esters is 2. The van der Waals surface area contributed by atoms with Gasteiger partial charge in [-0.3, -0.25) is 9.48 Å². The summed E-state index contributed by atoms with van der Waals surface area (Å²) in [5.41, 5.74) is 3.26. The van der Waals surface area contributed by atoms with Gasteiger partial charge in [0, 0.05) is 34.8 Å². The van der Waals surface area contributed by atoms with E-state index >= 15 is 0 Å². The highest BCUT2D eigenvalue weighted by Gasteiger charge is 2.23. The second-order valence-corrected chi connectivity index (χ2v) is 7.73. The molecule has 3 rings (SSSR count). The van der Waals surface area contributed by atoms with Crippen molar-refractivity contribution in [1.82, 2.24) is 9.78 Å². The minimum Gasteiger partial charge on any atom is -0.462 e. The molecule has 29 heavy (non-hydrogen) atoms. The number of rotatable bonds is 7. The van der Waals surface area contributed by atoms with E-state index < -0.39 is 17.8 Å². The molecule has 0 aliphatic heterocycles. The van der Waals surface area contributed by atoms with Crippen LogP contribution in [-0.4, -0.2) is 28.3 Å². The number of nitrogens with zero attached hydrogens (tertiary/aromatic N) is 2. The molecule has 6 nitrogen and oxygen atoms in total. The number of thiophene rings is 1. The van der Waals surface area contributed by atoms with Crippen molar-refractivity contribution in [2.45, 2.75) is 40.2 Å². The fourth-order valence-corrected chi connectivity index (χ4v) is 4.41. The zero-order valence-corrected chi connectivity index (χ0v) is 17.7. The summed E-state index contributed by atoms with van der Waals surface area (Å²) >= 11 is 1.14. The first-order valence-corrected chi connectivity index (χ1v) is 10.2. The van der Waals surface area contributed by atoms with Gasteiger partial charge in [0.2, 0.25) is 0 Å². The fourth-order valence-electron chi connectivity index (χ4n) is 3.30. The topological polar surface area (TPSA) is 70.4 Å². The number of hydrogen-bond donors (Lipinski definition) is 0. The molecule has 0 bridgehead atoms. The molecule has 0 aliphatic rings. The molecule has 0 fully saturated rings. The standard InChI is InChI=1S/C21H23FN2O4S/c1-5-27-21(26)20-15(19-16(22)7-6-8-17(19)29-20)11-28-18(25)10-9-14-12(2)23-24(4)13(14)3/h6-8H,5,9-11H2,1-4H3. The maximum atomic E-state index is 14.4. The van der Waals surface area contributed by atoms with Gasteiger partial charge in [0.1, 0.15) is 17.3 Å². The predicted octanol–water partition coefficient (Wildman–Crippen LogP) is 4.24. The predicted molar refractivity (Wildman–Crippen MR) is 109 cm³/mol. The summed E-state index contributed by atoms with van der Waals surface area (Å²) in [6.45, 7) is 5.58. The van der Waals surface area contributed by atoms with Crippen LogP contribution in [0.2, 0.25) is 0 Å². The molecule has 154 valence electrons. The molecule has 0 amide bonds. The van der Waals surface area contributed by atoms with Gasteiger partial charge in [-0.05, 0) is 44.9 Å². The van der Waals surface area contributed by atoms with Crippen LogP contribution >= 0.6 is 11.3 Å². The van der Waals surface area contributed by atoms with E-state index in [1.54, 1.807) is 23.7 Å². The Morgan fingerprint density at radius 1 is 1.21 bits per heavy atom. The Morgan fingerprint density at radius 2 is 1.97 bits per heavy atom. The molecule has 0 saturated heterocycles. The van der Waals surface area contributed by atoms with Crippen LogP contribution < -0.4 is 0 Å². The molecule has 1 aromatic carbocycles. The van der Waals surface area contributed by atoms with Crippen molar-refractivity contribution < 1.29 is 23.5 Å². The number of hydrogen-bond acceptors (Lipinski definition) is 6. The Balaban J connectivity index is 1.76. The van der Waals surface area contributed by atoms with Gasteiger partial charge >= 0.3 is 11.9 Å². The summed E-state index contributed by atoms with van der Waals surface area (Å²) in [4.78, 5) is 24.9. The number of aryl methyl sites for hydroxylation is 2. The van der Waals surface area contributed by atoms with Crippen molar-refractivity contribution in [1.29, 1.82) is 0 Å². The van der Waals surface area contributed by atoms with Crippen molar-refractivity contribution >= 4 is 33.4 Å². The van der Waals surface area contributed by atoms with Crippen molar-refractivity contribution in [3.63, 3.8) is 0 Å². The molecule has 3 aromatic rings. The molecule has 2 heterocycles. The molecule has 0 N–H and O–H groups in total. The SMILES string of the molecule is CCOC(=O)c1sc2cccc(F)c2c1COC(=O)CCc1c(C)nn(C)c1C. The van der Waals surface area contributed by atoms with Crippen LogP contribution in [0.1, 0.15) is 45.5 Å². The van der Waals surface area contributed by atoms with E-state index in [0.29, 0.717) is 22.1 Å². The van der Waals surface area contributed by atoms with Crippen LogP contribution in [0, 0.1) is 19.7 Å². The first-order chi connectivity index (χ1) is 13.8. The third-order valence-corrected chi connectivity index (χ3v) is 6.02. The fraction of sp³-hybridized carbons (Fsp3) is 0.381. The Morgan fingerprint density at radius 3 is 2.62 bits per heavy atom. The Kier molecular flexibility index (Phi) is 6.32. The van der Waals surface area contributed by atoms with Crippen LogP contribution in [-0.2, 0) is 34.3 Å². The van der Waals surface area contributed by atoms with Crippen LogP contribution in [0.4, 0.5) is 4.39 Å². The summed E-state index contributed by atoms with van der Waals surface area (Å²) in [7, 11) is 1.86. The average Bonchev–Trinajstić information content (AvgIpc) is 3.17. The normalized spacial score (nSPS) is 11.1. The largest absolute Gasteiger partial charge is 0.462 e. The third kappa shape index (κ3) is 4.32. The molecule has 0 radical (unpaired) electrons. The minimum atomic E-state index is -0.541. The Bertz CT molecular complexity index is 1070. The smallest absolute Gasteiger partial charge is 0.348 e. The lowest BCUT2D eigenvalue weighted by molar-refractivity contribution is -0.144. The lowest BCUT2D eigenvalue weighted by Gasteiger charge is -2.08. The van der Waals surface area contributed by atoms with Gasteiger partial charge in [0.15, 0.2) is 0 Å². The highest BCUT2D eigenvalue weighted by Crippen LogP contribution is 2.34. The van der Waals surface area contributed by atoms with Crippen LogP contribution in [0.25, 0.3) is 10.1 Å². The van der Waals surface area contributed by atoms with Gasteiger partial charge in [0.25, 0.3) is 0 Å². The lowest BCUT2D eigenvalue weighted by Crippen LogP contribution is -2.10. The molecule has 0 saturated carbocycles. The third-order valence-electron chi connectivity index (χ3n) is 4.84. The van der Waals surface area contributed by atoms with Crippen LogP contribution in [0.5, 0.6) is 0 Å². The number of carbonyl (C=O) groups is 2. The maximum Gasteiger partial charge on any atom is 0.348 e. The van der Waals surface area contributed by atoms with Crippen molar-refractivity contribution in [3.8, 4) is 0 Å². The summed E-state index contributed by atoms with van der Waals surface area (Å²) in [6.07, 6.45) is 0.681. The highest BCUT2D eigenvalue weighted by molar-refractivity contribution is 7.21. The average molecular weight is 418 g/mol. The Labute approximate surface area is 172 Å². The van der Waals surface area contributed by atoms with Gasteiger partial charge in [-0.1, -0.05) is 6.07 Å². The maximum absolute atomic E-state index is 14.4. The first-order valence-electron chi connectivity index (χ1n) is 9.35. The molecular weight excluding hydrogens is 395 g/mol. The molecule has 0 aliphatic carbocycles. The van der Waals surface area contributed by atoms with Crippen molar-refractivity contribution in [2.75, 3.05) is 6.61 Å². The van der Waals surface area contributed by atoms with E-state index in [0.717, 1.165) is 28.3 Å². The minimum absolute atomic E-state index is 0.173. The Hall–Kier alpha value is -2.74. The van der Waals surface area contributed by atoms with E-state index in [1.165, 1.54) is 6.07 Å². The molecule has 2 aromatic heterocycles. The van der Waals surface area contributed by atoms with Crippen LogP contribution in [0.15, 0.2) is 18.2 Å². The number of aromatic nitrogens is 2. The second kappa shape index (κ2) is 8.73. The second-order valence-electron chi connectivity index (χ2n) is 6.68. The molecule has 0 spiro atoms. The lowest BCUT2D eigenvalue weighted by atomic mass is 10.1. The number of benzene rings is 1. The summed E-state index contributed by atoms with van der Waals surface area (Å²) in [6, 6.07) is 4.63. The van der Waals surface area contributed by atoms with E-state index in [-0.39, 0.29) is 24.5 Å². The molecule has 0 unspecified atom stereocenters. The zero-order chi connectivity index (χ0) is 21.1. The van der Waals surface area contributed by atoms with Gasteiger partial charge in [0.05, 0.1) is 12.3 Å².